The Labute approximate surface area is 82.4 Å². The van der Waals surface area contributed by atoms with Gasteiger partial charge in [-0.2, -0.15) is 0 Å². The van der Waals surface area contributed by atoms with E-state index in [1.807, 2.05) is 0 Å². The molecule has 0 unspecified atom stereocenters. The van der Waals surface area contributed by atoms with E-state index in [9.17, 15) is 9.59 Å². The number of carbonyl (C=O) groups is 2. The molecule has 14 heavy (non-hydrogen) atoms. The van der Waals surface area contributed by atoms with E-state index in [4.69, 9.17) is 5.02 Å². The van der Waals surface area contributed by atoms with E-state index in [0.29, 0.717) is 5.56 Å². The summed E-state index contributed by atoms with van der Waals surface area (Å²) in [6, 6.07) is 6.58. The first-order chi connectivity index (χ1) is 6.76. The molecule has 4 nitrogen and oxygen atoms in total. The normalized spacial score (nSPS) is 8.93. The lowest BCUT2D eigenvalue weighted by atomic mass is 9.70. The summed E-state index contributed by atoms with van der Waals surface area (Å²) in [5.74, 6) is -0.494. The van der Waals surface area contributed by atoms with E-state index in [-0.39, 0.29) is 7.28 Å². The molecule has 1 aromatic rings. The molecule has 0 aliphatic carbocycles. The minimum absolute atomic E-state index is 0.0969. The largest absolute Gasteiger partial charge is 0.521 e. The third-order valence-electron chi connectivity index (χ3n) is 1.69. The predicted octanol–water partition coefficient (Wildman–Crippen LogP) is -1.04. The van der Waals surface area contributed by atoms with Crippen LogP contribution in [0.15, 0.2) is 24.3 Å². The minimum atomic E-state index is -0.606. The quantitative estimate of drug-likeness (QED) is 0.486. The molecule has 1 N–H and O–H groups in total. The van der Waals surface area contributed by atoms with E-state index in [0.717, 1.165) is 11.7 Å². The first-order valence-electron chi connectivity index (χ1n) is 4.07. The molecule has 0 spiro atoms. The summed E-state index contributed by atoms with van der Waals surface area (Å²) in [4.78, 5) is 21.2. The van der Waals surface area contributed by atoms with Crippen molar-refractivity contribution in [3.63, 3.8) is 0 Å². The molecule has 0 saturated heterocycles. The Morgan fingerprint density at radius 3 is 2.50 bits per heavy atom. The molecule has 0 atom stereocenters. The average molecular weight is 190 g/mol. The van der Waals surface area contributed by atoms with Gasteiger partial charge in [0.1, 0.15) is 6.29 Å². The Morgan fingerprint density at radius 1 is 1.36 bits per heavy atom. The molecule has 70 valence electrons. The molecule has 0 bridgehead atoms. The summed E-state index contributed by atoms with van der Waals surface area (Å²) in [6.07, 6.45) is 0.732. The van der Waals surface area contributed by atoms with Crippen LogP contribution in [0.25, 0.3) is 0 Å². The van der Waals surface area contributed by atoms with Crippen molar-refractivity contribution in [2.24, 2.45) is 0 Å². The van der Waals surface area contributed by atoms with E-state index >= 15 is 0 Å². The number of benzene rings is 1. The van der Waals surface area contributed by atoms with Crippen LogP contribution in [0.5, 0.6) is 0 Å². The molecule has 0 aliphatic rings. The Bertz CT molecular complexity index is 323. The van der Waals surface area contributed by atoms with Crippen molar-refractivity contribution in [1.29, 1.82) is 0 Å². The monoisotopic (exact) mass is 190 g/mol. The van der Waals surface area contributed by atoms with Gasteiger partial charge in [-0.3, -0.25) is 9.59 Å². The van der Waals surface area contributed by atoms with Crippen molar-refractivity contribution < 1.29 is 19.3 Å². The first-order valence-corrected chi connectivity index (χ1v) is 4.07. The summed E-state index contributed by atoms with van der Waals surface area (Å²) in [6.45, 7) is 0. The molecule has 0 saturated carbocycles. The van der Waals surface area contributed by atoms with E-state index < -0.39 is 13.6 Å². The topological polar surface area (TPSA) is 63.6 Å². The van der Waals surface area contributed by atoms with Gasteiger partial charge >= 0.3 is 7.69 Å². The maximum absolute atomic E-state index is 10.9. The number of aldehydes is 1. The first kappa shape index (κ1) is 10.5. The fraction of sp³-hybridized carbons (Fsp3) is 0. The molecule has 0 heterocycles. The zero-order valence-corrected chi connectivity index (χ0v) is 7.47. The van der Waals surface area contributed by atoms with Gasteiger partial charge in [0.25, 0.3) is 7.28 Å². The van der Waals surface area contributed by atoms with Crippen molar-refractivity contribution in [2.45, 2.75) is 0 Å². The molecular formula is C8H8B2O4. The predicted molar refractivity (Wildman–Crippen MR) is 54.5 cm³/mol. The van der Waals surface area contributed by atoms with Crippen molar-refractivity contribution in [1.82, 2.24) is 0 Å². The molecular weight excluding hydrogens is 182 g/mol. The van der Waals surface area contributed by atoms with Gasteiger partial charge in [0.15, 0.2) is 0 Å². The zero-order valence-electron chi connectivity index (χ0n) is 7.47. The van der Waals surface area contributed by atoms with Gasteiger partial charge in [-0.25, -0.2) is 0 Å². The maximum atomic E-state index is 10.9. The van der Waals surface area contributed by atoms with Crippen molar-refractivity contribution >= 4 is 32.6 Å². The van der Waals surface area contributed by atoms with Gasteiger partial charge in [-0.1, -0.05) is 29.7 Å². The highest BCUT2D eigenvalue weighted by Crippen LogP contribution is 1.91. The zero-order chi connectivity index (χ0) is 10.4. The molecule has 6 heteroatoms. The lowest BCUT2D eigenvalue weighted by molar-refractivity contribution is 0.112. The van der Waals surface area contributed by atoms with Crippen LogP contribution in [0.1, 0.15) is 10.4 Å². The van der Waals surface area contributed by atoms with Gasteiger partial charge in [0.05, 0.1) is 0 Å². The lowest BCUT2D eigenvalue weighted by Gasteiger charge is -1.99. The fourth-order valence-electron chi connectivity index (χ4n) is 1.00. The highest BCUT2D eigenvalue weighted by atomic mass is 16.5. The summed E-state index contributed by atoms with van der Waals surface area (Å²) in [5, 5.41) is 8.31. The van der Waals surface area contributed by atoms with Gasteiger partial charge in [0.2, 0.25) is 5.87 Å². The van der Waals surface area contributed by atoms with Gasteiger partial charge in [-0.05, 0) is 0 Å². The molecule has 0 amide bonds. The average Bonchev–Trinajstić information content (AvgIpc) is 2.19. The fourth-order valence-corrected chi connectivity index (χ4v) is 1.00. The van der Waals surface area contributed by atoms with Crippen molar-refractivity contribution in [3.05, 3.63) is 29.8 Å². The Balaban J connectivity index is 2.59. The second kappa shape index (κ2) is 5.24. The van der Waals surface area contributed by atoms with Crippen LogP contribution in [0.4, 0.5) is 4.79 Å². The van der Waals surface area contributed by atoms with Gasteiger partial charge < -0.3 is 9.68 Å². The van der Waals surface area contributed by atoms with E-state index in [1.165, 1.54) is 0 Å². The van der Waals surface area contributed by atoms with Gasteiger partial charge in [-0.15, -0.1) is 0 Å². The smallest absolute Gasteiger partial charge is 0.505 e. The van der Waals surface area contributed by atoms with Crippen LogP contribution >= 0.6 is 0 Å². The number of hydrogen-bond acceptors (Lipinski definition) is 4. The van der Waals surface area contributed by atoms with Crippen LogP contribution in [0.3, 0.4) is 0 Å². The Morgan fingerprint density at radius 2 is 2.00 bits per heavy atom. The summed E-state index contributed by atoms with van der Waals surface area (Å²) < 4.78 is 4.35. The van der Waals surface area contributed by atoms with E-state index in [1.54, 1.807) is 24.3 Å². The molecule has 1 aromatic carbocycles. The number of hydrogen-bond donors (Lipinski definition) is 1. The molecule has 0 radical (unpaired) electrons. The van der Waals surface area contributed by atoms with Crippen LogP contribution in [0, 0.1) is 0 Å². The van der Waals surface area contributed by atoms with Crippen LogP contribution in [-0.4, -0.2) is 32.1 Å². The van der Waals surface area contributed by atoms with Crippen molar-refractivity contribution in [2.75, 3.05) is 0 Å². The molecule has 0 aliphatic heterocycles. The standard InChI is InChI=1S/C8H8B2O4/c11-5-6-1-3-7(4-2-6)9-8(12)14-10-13/h1-5,9-10,13H. The number of rotatable bonds is 4. The SMILES string of the molecule is O=Cc1ccc(BC(=O)OBO)cc1. The Hall–Kier alpha value is -1.55. The van der Waals surface area contributed by atoms with Crippen molar-refractivity contribution in [3.8, 4) is 0 Å². The van der Waals surface area contributed by atoms with Crippen LogP contribution < -0.4 is 5.46 Å². The second-order valence-electron chi connectivity index (χ2n) is 2.68. The molecule has 0 fully saturated rings. The summed E-state index contributed by atoms with van der Waals surface area (Å²) in [7, 11) is -0.509. The van der Waals surface area contributed by atoms with Crippen LogP contribution in [-0.2, 0) is 4.65 Å². The van der Waals surface area contributed by atoms with Gasteiger partial charge in [0, 0.05) is 5.56 Å². The number of carbonyl (C=O) groups excluding carboxylic acids is 2. The highest BCUT2D eigenvalue weighted by Gasteiger charge is 2.06. The minimum Gasteiger partial charge on any atom is -0.521 e. The lowest BCUT2D eigenvalue weighted by Crippen LogP contribution is -2.25. The maximum Gasteiger partial charge on any atom is 0.505 e. The Kier molecular flexibility index (Phi) is 3.94. The highest BCUT2D eigenvalue weighted by molar-refractivity contribution is 6.83. The van der Waals surface area contributed by atoms with Crippen LogP contribution in [0.2, 0.25) is 0 Å². The third-order valence-corrected chi connectivity index (χ3v) is 1.69. The summed E-state index contributed by atoms with van der Waals surface area (Å²) >= 11 is 0. The third kappa shape index (κ3) is 3.06. The van der Waals surface area contributed by atoms with E-state index in [2.05, 4.69) is 4.65 Å². The summed E-state index contributed by atoms with van der Waals surface area (Å²) in [5.41, 5.74) is 1.30. The second-order valence-corrected chi connectivity index (χ2v) is 2.68. The molecule has 1 rings (SSSR count). The molecule has 0 aromatic heterocycles.